The third-order valence-corrected chi connectivity index (χ3v) is 1.03. The Morgan fingerprint density at radius 1 is 1.50 bits per heavy atom. The fraction of sp³-hybridized carbons (Fsp3) is 0.400. The third kappa shape index (κ3) is 2.61. The van der Waals surface area contributed by atoms with E-state index < -0.39 is 30.3 Å². The lowest BCUT2D eigenvalue weighted by Gasteiger charge is -2.05. The molecule has 1 aromatic heterocycles. The Kier molecular flexibility index (Phi) is 2.58. The highest BCUT2D eigenvalue weighted by atomic mass is 19.4. The molecule has 0 unspecified atom stereocenters. The molecule has 0 atom stereocenters. The van der Waals surface area contributed by atoms with Crippen molar-refractivity contribution in [2.75, 3.05) is 6.61 Å². The van der Waals surface area contributed by atoms with Crippen molar-refractivity contribution in [1.29, 1.82) is 0 Å². The van der Waals surface area contributed by atoms with Gasteiger partial charge in [-0.15, -0.1) is 0 Å². The second kappa shape index (κ2) is 3.52. The Morgan fingerprint density at radius 3 is 2.64 bits per heavy atom. The highest BCUT2D eigenvalue weighted by Gasteiger charge is 2.30. The van der Waals surface area contributed by atoms with Gasteiger partial charge in [0.1, 0.15) is 0 Å². The fourth-order valence-corrected chi connectivity index (χ4v) is 0.556. The molecule has 0 aromatic carbocycles. The molecule has 0 saturated carbocycles. The van der Waals surface area contributed by atoms with E-state index in [1.54, 1.807) is 0 Å². The van der Waals surface area contributed by atoms with Crippen LogP contribution in [0.15, 0.2) is 4.63 Å². The average Bonchev–Trinajstić information content (AvgIpc) is 2.46. The van der Waals surface area contributed by atoms with E-state index in [0.717, 1.165) is 0 Å². The van der Waals surface area contributed by atoms with Gasteiger partial charge in [0.25, 0.3) is 11.6 Å². The maximum atomic E-state index is 11.6. The molecule has 0 aliphatic carbocycles. The summed E-state index contributed by atoms with van der Waals surface area (Å²) in [6.07, 6.45) is -4.57. The van der Waals surface area contributed by atoms with Gasteiger partial charge >= 0.3 is 12.1 Å². The van der Waals surface area contributed by atoms with E-state index in [-0.39, 0.29) is 0 Å². The summed E-state index contributed by atoms with van der Waals surface area (Å²) >= 11 is 0. The van der Waals surface area contributed by atoms with E-state index in [0.29, 0.717) is 0 Å². The zero-order valence-electron chi connectivity index (χ0n) is 6.41. The van der Waals surface area contributed by atoms with E-state index in [1.165, 1.54) is 0 Å². The largest absolute Gasteiger partial charge is 0.476 e. The molecule has 78 valence electrons. The van der Waals surface area contributed by atoms with Crippen molar-refractivity contribution in [3.63, 3.8) is 0 Å². The Balaban J connectivity index is 2.68. The molecule has 0 saturated heterocycles. The van der Waals surface area contributed by atoms with Crippen molar-refractivity contribution in [2.45, 2.75) is 6.18 Å². The summed E-state index contributed by atoms with van der Waals surface area (Å²) in [5.74, 6) is -2.38. The molecule has 0 aliphatic heterocycles. The minimum atomic E-state index is -4.57. The highest BCUT2D eigenvalue weighted by Crippen LogP contribution is 2.18. The number of nitrogens with zero attached hydrogens (tertiary/aromatic N) is 2. The summed E-state index contributed by atoms with van der Waals surface area (Å²) < 4.78 is 42.8. The first-order valence-corrected chi connectivity index (χ1v) is 3.15. The minimum absolute atomic E-state index is 0.796. The lowest BCUT2D eigenvalue weighted by Crippen LogP contribution is -2.20. The molecule has 6 nitrogen and oxygen atoms in total. The number of carboxylic acids is 1. The van der Waals surface area contributed by atoms with Gasteiger partial charge in [0.15, 0.2) is 6.61 Å². The zero-order valence-corrected chi connectivity index (χ0v) is 6.41. The van der Waals surface area contributed by atoms with Crippen LogP contribution < -0.4 is 4.74 Å². The second-order valence-corrected chi connectivity index (χ2v) is 2.13. The quantitative estimate of drug-likeness (QED) is 0.793. The average molecular weight is 212 g/mol. The molecule has 0 spiro atoms. The summed E-state index contributed by atoms with van der Waals surface area (Å²) in [7, 11) is 0. The molecule has 0 bridgehead atoms. The van der Waals surface area contributed by atoms with Crippen LogP contribution in [0.2, 0.25) is 0 Å². The third-order valence-electron chi connectivity index (χ3n) is 1.03. The number of rotatable bonds is 3. The molecule has 0 fully saturated rings. The van der Waals surface area contributed by atoms with Gasteiger partial charge in [-0.05, 0) is 10.3 Å². The number of hydrogen-bond acceptors (Lipinski definition) is 5. The van der Waals surface area contributed by atoms with Crippen molar-refractivity contribution in [3.05, 3.63) is 5.69 Å². The molecule has 14 heavy (non-hydrogen) atoms. The first-order chi connectivity index (χ1) is 6.40. The van der Waals surface area contributed by atoms with E-state index in [1.807, 2.05) is 0 Å². The highest BCUT2D eigenvalue weighted by molar-refractivity contribution is 5.87. The molecule has 0 amide bonds. The van der Waals surface area contributed by atoms with Gasteiger partial charge in [0, 0.05) is 0 Å². The standard InChI is InChI=1S/C5H3F3N2O4/c6-5(7,8)1-13-3-2(4(11)12)9-14-10-3/h1H2,(H,11,12). The number of carboxylic acid groups (broad SMARTS) is 1. The van der Waals surface area contributed by atoms with Gasteiger partial charge in [-0.1, -0.05) is 0 Å². The summed E-state index contributed by atoms with van der Waals surface area (Å²) in [5, 5.41) is 14.0. The van der Waals surface area contributed by atoms with E-state index >= 15 is 0 Å². The molecular formula is C5H3F3N2O4. The van der Waals surface area contributed by atoms with Crippen LogP contribution in [0.5, 0.6) is 5.88 Å². The predicted molar refractivity (Wildman–Crippen MR) is 32.8 cm³/mol. The molecule has 0 radical (unpaired) electrons. The minimum Gasteiger partial charge on any atom is -0.476 e. The van der Waals surface area contributed by atoms with Crippen LogP contribution in [0, 0.1) is 0 Å². The number of aromatic nitrogens is 2. The predicted octanol–water partition coefficient (Wildman–Crippen LogP) is 0.709. The molecule has 1 rings (SSSR count). The van der Waals surface area contributed by atoms with E-state index in [2.05, 4.69) is 19.7 Å². The number of carbonyl (C=O) groups is 1. The van der Waals surface area contributed by atoms with Crippen LogP contribution >= 0.6 is 0 Å². The maximum Gasteiger partial charge on any atom is 0.422 e. The number of alkyl halides is 3. The Bertz CT molecular complexity index is 334. The monoisotopic (exact) mass is 212 g/mol. The Labute approximate surface area is 74.2 Å². The van der Waals surface area contributed by atoms with Gasteiger partial charge in [0.2, 0.25) is 0 Å². The number of hydrogen-bond donors (Lipinski definition) is 1. The number of ether oxygens (including phenoxy) is 1. The number of halogens is 3. The van der Waals surface area contributed by atoms with Crippen LogP contribution in [-0.2, 0) is 0 Å². The molecule has 1 N–H and O–H groups in total. The molecular weight excluding hydrogens is 209 g/mol. The lowest BCUT2D eigenvalue weighted by atomic mass is 10.5. The van der Waals surface area contributed by atoms with Crippen molar-refractivity contribution in [1.82, 2.24) is 10.3 Å². The van der Waals surface area contributed by atoms with Crippen molar-refractivity contribution < 1.29 is 32.4 Å². The molecule has 1 aromatic rings. The summed E-state index contributed by atoms with van der Waals surface area (Å²) in [4.78, 5) is 10.3. The SMILES string of the molecule is O=C(O)c1nonc1OCC(F)(F)F. The first kappa shape index (κ1) is 10.3. The van der Waals surface area contributed by atoms with Crippen LogP contribution in [0.3, 0.4) is 0 Å². The summed E-state index contributed by atoms with van der Waals surface area (Å²) in [6, 6.07) is 0. The first-order valence-electron chi connectivity index (χ1n) is 3.15. The van der Waals surface area contributed by atoms with E-state index in [9.17, 15) is 18.0 Å². The molecule has 1 heterocycles. The zero-order chi connectivity index (χ0) is 10.8. The second-order valence-electron chi connectivity index (χ2n) is 2.13. The fourth-order valence-electron chi connectivity index (χ4n) is 0.556. The molecule has 9 heteroatoms. The summed E-state index contributed by atoms with van der Waals surface area (Å²) in [6.45, 7) is -1.65. The van der Waals surface area contributed by atoms with Gasteiger partial charge in [0.05, 0.1) is 0 Å². The van der Waals surface area contributed by atoms with Gasteiger partial charge < -0.3 is 9.84 Å². The number of aromatic carboxylic acids is 1. The van der Waals surface area contributed by atoms with Crippen LogP contribution in [0.4, 0.5) is 13.2 Å². The Hall–Kier alpha value is -1.80. The van der Waals surface area contributed by atoms with E-state index in [4.69, 9.17) is 5.11 Å². The normalized spacial score (nSPS) is 11.4. The van der Waals surface area contributed by atoms with Crippen LogP contribution in [0.25, 0.3) is 0 Å². The lowest BCUT2D eigenvalue weighted by molar-refractivity contribution is -0.154. The maximum absolute atomic E-state index is 11.6. The van der Waals surface area contributed by atoms with Crippen molar-refractivity contribution >= 4 is 5.97 Å². The van der Waals surface area contributed by atoms with Crippen molar-refractivity contribution in [2.24, 2.45) is 0 Å². The van der Waals surface area contributed by atoms with Crippen molar-refractivity contribution in [3.8, 4) is 5.88 Å². The topological polar surface area (TPSA) is 85.5 Å². The molecule has 0 aliphatic rings. The van der Waals surface area contributed by atoms with Crippen LogP contribution in [-0.4, -0.2) is 34.2 Å². The van der Waals surface area contributed by atoms with Crippen LogP contribution in [0.1, 0.15) is 10.5 Å². The smallest absolute Gasteiger partial charge is 0.422 e. The summed E-state index contributed by atoms with van der Waals surface area (Å²) in [5.41, 5.74) is -0.797. The van der Waals surface area contributed by atoms with Gasteiger partial charge in [-0.25, -0.2) is 9.42 Å². The Morgan fingerprint density at radius 2 is 2.14 bits per heavy atom. The van der Waals surface area contributed by atoms with Gasteiger partial charge in [-0.3, -0.25) is 0 Å². The van der Waals surface area contributed by atoms with Gasteiger partial charge in [-0.2, -0.15) is 13.2 Å².